The Morgan fingerprint density at radius 1 is 1.27 bits per heavy atom. The third kappa shape index (κ3) is 3.15. The topological polar surface area (TPSA) is 64.5 Å². The highest BCUT2D eigenvalue weighted by Gasteiger charge is 2.49. The molecule has 1 saturated heterocycles. The Hall–Kier alpha value is -1.85. The number of carbonyl (C=O) groups is 1. The summed E-state index contributed by atoms with van der Waals surface area (Å²) in [5.41, 5.74) is 0.519. The molecule has 6 heteroatoms. The molecule has 1 saturated carbocycles. The Morgan fingerprint density at radius 2 is 1.95 bits per heavy atom. The fourth-order valence-electron chi connectivity index (χ4n) is 3.20. The summed E-state index contributed by atoms with van der Waals surface area (Å²) in [5, 5.41) is 0. The number of likely N-dealkylation sites (tertiary alicyclic amines) is 1. The molecule has 2 aliphatic rings. The van der Waals surface area contributed by atoms with Crippen molar-refractivity contribution in [2.45, 2.75) is 58.3 Å². The van der Waals surface area contributed by atoms with Crippen LogP contribution in [0.4, 0.5) is 4.79 Å². The molecule has 3 unspecified atom stereocenters. The van der Waals surface area contributed by atoms with Crippen LogP contribution >= 0.6 is 0 Å². The van der Waals surface area contributed by atoms with Gasteiger partial charge in [0, 0.05) is 18.9 Å². The number of aromatic nitrogens is 2. The second-order valence-corrected chi connectivity index (χ2v) is 7.24. The van der Waals surface area contributed by atoms with Crippen LogP contribution in [0.2, 0.25) is 0 Å². The van der Waals surface area contributed by atoms with Crippen LogP contribution in [0.15, 0.2) is 12.4 Å². The summed E-state index contributed by atoms with van der Waals surface area (Å²) < 4.78 is 11.4. The molecule has 6 nitrogen and oxygen atoms in total. The van der Waals surface area contributed by atoms with E-state index in [0.29, 0.717) is 11.9 Å². The largest absolute Gasteiger partial charge is 0.458 e. The zero-order valence-electron chi connectivity index (χ0n) is 13.6. The molecule has 22 heavy (non-hydrogen) atoms. The van der Waals surface area contributed by atoms with E-state index in [1.54, 1.807) is 17.3 Å². The van der Waals surface area contributed by atoms with Gasteiger partial charge in [0.1, 0.15) is 11.7 Å². The molecule has 1 amide bonds. The van der Waals surface area contributed by atoms with Crippen molar-refractivity contribution in [3.8, 4) is 6.01 Å². The van der Waals surface area contributed by atoms with Gasteiger partial charge in [-0.3, -0.25) is 0 Å². The summed E-state index contributed by atoms with van der Waals surface area (Å²) in [6.45, 7) is 8.34. The molecule has 1 aromatic heterocycles. The van der Waals surface area contributed by atoms with Gasteiger partial charge in [0.2, 0.25) is 0 Å². The highest BCUT2D eigenvalue weighted by atomic mass is 16.6. The molecule has 1 aromatic rings. The van der Waals surface area contributed by atoms with E-state index in [2.05, 4.69) is 9.97 Å². The van der Waals surface area contributed by atoms with Crippen LogP contribution in [-0.2, 0) is 4.74 Å². The molecular weight excluding hydrogens is 282 g/mol. The van der Waals surface area contributed by atoms with Gasteiger partial charge in [-0.2, -0.15) is 0 Å². The first kappa shape index (κ1) is 15.1. The number of hydrogen-bond donors (Lipinski definition) is 0. The number of rotatable bonds is 2. The maximum absolute atomic E-state index is 12.3. The average Bonchev–Trinajstić information content (AvgIpc) is 2.99. The van der Waals surface area contributed by atoms with E-state index in [4.69, 9.17) is 9.47 Å². The van der Waals surface area contributed by atoms with Crippen LogP contribution in [0.3, 0.4) is 0 Å². The van der Waals surface area contributed by atoms with Gasteiger partial charge in [-0.15, -0.1) is 0 Å². The fraction of sp³-hybridized carbons (Fsp3) is 0.688. The monoisotopic (exact) mass is 305 g/mol. The fourth-order valence-corrected chi connectivity index (χ4v) is 3.20. The van der Waals surface area contributed by atoms with E-state index in [-0.39, 0.29) is 18.2 Å². The number of ether oxygens (including phenoxy) is 2. The Bertz CT molecular complexity index is 553. The zero-order chi connectivity index (χ0) is 15.9. The minimum atomic E-state index is -0.477. The third-order valence-corrected chi connectivity index (χ3v) is 4.07. The summed E-state index contributed by atoms with van der Waals surface area (Å²) >= 11 is 0. The van der Waals surface area contributed by atoms with Gasteiger partial charge in [-0.25, -0.2) is 14.8 Å². The molecule has 120 valence electrons. The van der Waals surface area contributed by atoms with Crippen molar-refractivity contribution < 1.29 is 14.3 Å². The van der Waals surface area contributed by atoms with E-state index < -0.39 is 5.60 Å². The third-order valence-electron chi connectivity index (χ3n) is 4.07. The second kappa shape index (κ2) is 5.41. The lowest BCUT2D eigenvalue weighted by Crippen LogP contribution is -2.48. The molecule has 2 bridgehead atoms. The van der Waals surface area contributed by atoms with Crippen LogP contribution in [0, 0.1) is 12.8 Å². The van der Waals surface area contributed by atoms with Gasteiger partial charge in [-0.1, -0.05) is 0 Å². The van der Waals surface area contributed by atoms with E-state index in [1.807, 2.05) is 27.7 Å². The Labute approximate surface area is 130 Å². The average molecular weight is 305 g/mol. The number of hydrogen-bond acceptors (Lipinski definition) is 5. The maximum atomic E-state index is 12.3. The molecule has 1 aliphatic carbocycles. The predicted molar refractivity (Wildman–Crippen MR) is 80.6 cm³/mol. The van der Waals surface area contributed by atoms with Crippen molar-refractivity contribution in [3.63, 3.8) is 0 Å². The standard InChI is InChI=1S/C16H23N3O3/c1-10-7-17-14(18-8-10)21-13-6-11-5-12(13)19(9-11)15(20)22-16(2,3)4/h7-8,11-13H,5-6,9H2,1-4H3. The number of amides is 1. The molecule has 1 aliphatic heterocycles. The van der Waals surface area contributed by atoms with Crippen LogP contribution in [0.5, 0.6) is 6.01 Å². The van der Waals surface area contributed by atoms with E-state index >= 15 is 0 Å². The van der Waals surface area contributed by atoms with Crippen LogP contribution in [-0.4, -0.2) is 45.3 Å². The number of aryl methyl sites for hydroxylation is 1. The normalized spacial score (nSPS) is 27.1. The summed E-state index contributed by atoms with van der Waals surface area (Å²) in [4.78, 5) is 22.5. The Kier molecular flexibility index (Phi) is 3.70. The first-order chi connectivity index (χ1) is 10.3. The molecule has 2 heterocycles. The highest BCUT2D eigenvalue weighted by Crippen LogP contribution is 2.40. The highest BCUT2D eigenvalue weighted by molar-refractivity contribution is 5.69. The SMILES string of the molecule is Cc1cnc(OC2CC3CC2N(C(=O)OC(C)(C)C)C3)nc1. The van der Waals surface area contributed by atoms with Gasteiger partial charge in [0.05, 0.1) is 6.04 Å². The quantitative estimate of drug-likeness (QED) is 0.840. The molecule has 0 N–H and O–H groups in total. The number of fused-ring (bicyclic) bond motifs is 2. The lowest BCUT2D eigenvalue weighted by molar-refractivity contribution is 0.00141. The lowest BCUT2D eigenvalue weighted by atomic mass is 10.1. The van der Waals surface area contributed by atoms with Gasteiger partial charge < -0.3 is 14.4 Å². The summed E-state index contributed by atoms with van der Waals surface area (Å²) in [7, 11) is 0. The number of carbonyl (C=O) groups excluding carboxylic acids is 1. The predicted octanol–water partition coefficient (Wildman–Crippen LogP) is 2.56. The van der Waals surface area contributed by atoms with Gasteiger partial charge >= 0.3 is 12.1 Å². The van der Waals surface area contributed by atoms with Gasteiger partial charge in [0.25, 0.3) is 0 Å². The van der Waals surface area contributed by atoms with Gasteiger partial charge in [0.15, 0.2) is 0 Å². The van der Waals surface area contributed by atoms with Crippen molar-refractivity contribution in [2.24, 2.45) is 5.92 Å². The first-order valence-corrected chi connectivity index (χ1v) is 7.77. The lowest BCUT2D eigenvalue weighted by Gasteiger charge is -2.34. The maximum Gasteiger partial charge on any atom is 0.410 e. The molecule has 0 aromatic carbocycles. The molecule has 3 rings (SSSR count). The van der Waals surface area contributed by atoms with Crippen molar-refractivity contribution in [3.05, 3.63) is 18.0 Å². The van der Waals surface area contributed by atoms with Crippen LogP contribution < -0.4 is 4.74 Å². The van der Waals surface area contributed by atoms with E-state index in [0.717, 1.165) is 24.9 Å². The molecule has 3 atom stereocenters. The second-order valence-electron chi connectivity index (χ2n) is 7.24. The number of piperidine rings is 1. The van der Waals surface area contributed by atoms with Crippen molar-refractivity contribution in [2.75, 3.05) is 6.54 Å². The summed E-state index contributed by atoms with van der Waals surface area (Å²) in [6.07, 6.45) is 5.09. The first-order valence-electron chi connectivity index (χ1n) is 7.77. The Balaban J connectivity index is 1.66. The zero-order valence-corrected chi connectivity index (χ0v) is 13.6. The smallest absolute Gasteiger partial charge is 0.410 e. The van der Waals surface area contributed by atoms with E-state index in [9.17, 15) is 4.79 Å². The van der Waals surface area contributed by atoms with E-state index in [1.165, 1.54) is 0 Å². The summed E-state index contributed by atoms with van der Waals surface area (Å²) in [5.74, 6) is 0.480. The van der Waals surface area contributed by atoms with Gasteiger partial charge in [-0.05, 0) is 52.0 Å². The molecule has 2 fully saturated rings. The minimum absolute atomic E-state index is 0.0472. The van der Waals surface area contributed by atoms with Crippen molar-refractivity contribution >= 4 is 6.09 Å². The molecule has 0 spiro atoms. The van der Waals surface area contributed by atoms with Crippen molar-refractivity contribution in [1.82, 2.24) is 14.9 Å². The van der Waals surface area contributed by atoms with Crippen molar-refractivity contribution in [1.29, 1.82) is 0 Å². The summed E-state index contributed by atoms with van der Waals surface area (Å²) in [6, 6.07) is 0.442. The molecular formula is C16H23N3O3. The number of nitrogens with zero attached hydrogens (tertiary/aromatic N) is 3. The van der Waals surface area contributed by atoms with Crippen LogP contribution in [0.25, 0.3) is 0 Å². The van der Waals surface area contributed by atoms with Crippen LogP contribution in [0.1, 0.15) is 39.2 Å². The minimum Gasteiger partial charge on any atom is -0.458 e. The molecule has 0 radical (unpaired) electrons. The Morgan fingerprint density at radius 3 is 2.55 bits per heavy atom.